The van der Waals surface area contributed by atoms with Gasteiger partial charge in [-0.15, -0.1) is 0 Å². The smallest absolute Gasteiger partial charge is 0.259 e. The Morgan fingerprint density at radius 3 is 2.55 bits per heavy atom. The van der Waals surface area contributed by atoms with Crippen LogP contribution in [-0.2, 0) is 11.2 Å². The van der Waals surface area contributed by atoms with Crippen molar-refractivity contribution in [2.24, 2.45) is 0 Å². The third-order valence-electron chi connectivity index (χ3n) is 5.11. The third-order valence-corrected chi connectivity index (χ3v) is 5.11. The molecule has 4 rings (SSSR count). The molecule has 0 unspecified atom stereocenters. The lowest BCUT2D eigenvalue weighted by Gasteiger charge is -2.17. The fourth-order valence-electron chi connectivity index (χ4n) is 3.74. The van der Waals surface area contributed by atoms with E-state index in [9.17, 15) is 9.59 Å². The van der Waals surface area contributed by atoms with Crippen molar-refractivity contribution in [3.63, 3.8) is 0 Å². The number of ether oxygens (including phenoxy) is 1. The second-order valence-corrected chi connectivity index (χ2v) is 7.16. The topological polar surface area (TPSA) is 58.6 Å². The summed E-state index contributed by atoms with van der Waals surface area (Å²) >= 11 is 0. The van der Waals surface area contributed by atoms with Crippen molar-refractivity contribution in [3.05, 3.63) is 71.8 Å². The zero-order chi connectivity index (χ0) is 20.2. The van der Waals surface area contributed by atoms with Gasteiger partial charge in [-0.2, -0.15) is 0 Å². The summed E-state index contributed by atoms with van der Waals surface area (Å²) in [7, 11) is 0. The van der Waals surface area contributed by atoms with Crippen LogP contribution in [0.4, 0.5) is 5.69 Å². The largest absolute Gasteiger partial charge is 0.492 e. The fraction of sp³-hybridized carbons (Fsp3) is 0.250. The van der Waals surface area contributed by atoms with E-state index in [1.807, 2.05) is 48.5 Å². The number of hydrogen-bond acceptors (Lipinski definition) is 3. The standard InChI is InChI=1S/C24H24N2O3/c1-2-5-17-10-12-19(13-11-17)29-15-14-25-22(27)16-26-21-9-4-7-18-6-3-8-20(23(18)21)24(26)28/h3-4,6-13H,2,5,14-16H2,1H3,(H,25,27). The molecule has 1 heterocycles. The van der Waals surface area contributed by atoms with Gasteiger partial charge in [0.1, 0.15) is 18.9 Å². The molecule has 3 aromatic carbocycles. The molecule has 3 aromatic rings. The summed E-state index contributed by atoms with van der Waals surface area (Å²) in [6, 6.07) is 19.5. The highest BCUT2D eigenvalue weighted by atomic mass is 16.5. The zero-order valence-corrected chi connectivity index (χ0v) is 16.5. The molecule has 0 aliphatic carbocycles. The normalized spacial score (nSPS) is 12.4. The van der Waals surface area contributed by atoms with Gasteiger partial charge in [-0.05, 0) is 41.6 Å². The van der Waals surface area contributed by atoms with Gasteiger partial charge >= 0.3 is 0 Å². The van der Waals surface area contributed by atoms with Gasteiger partial charge < -0.3 is 10.1 Å². The molecule has 2 amide bonds. The minimum atomic E-state index is -0.204. The molecule has 0 bridgehead atoms. The summed E-state index contributed by atoms with van der Waals surface area (Å²) in [4.78, 5) is 26.6. The van der Waals surface area contributed by atoms with Crippen molar-refractivity contribution in [1.82, 2.24) is 5.32 Å². The predicted octanol–water partition coefficient (Wildman–Crippen LogP) is 3.95. The zero-order valence-electron chi connectivity index (χ0n) is 16.5. The summed E-state index contributed by atoms with van der Waals surface area (Å²) in [6.45, 7) is 2.91. The molecule has 5 heteroatoms. The Morgan fingerprint density at radius 2 is 1.79 bits per heavy atom. The van der Waals surface area contributed by atoms with E-state index in [4.69, 9.17) is 4.74 Å². The van der Waals surface area contributed by atoms with E-state index in [2.05, 4.69) is 24.4 Å². The Bertz CT molecular complexity index is 1040. The van der Waals surface area contributed by atoms with Crippen LogP contribution in [0.3, 0.4) is 0 Å². The number of carbonyl (C=O) groups excluding carboxylic acids is 2. The number of amides is 2. The summed E-state index contributed by atoms with van der Waals surface area (Å²) in [5, 5.41) is 4.76. The van der Waals surface area contributed by atoms with E-state index < -0.39 is 0 Å². The van der Waals surface area contributed by atoms with E-state index in [0.29, 0.717) is 18.7 Å². The van der Waals surface area contributed by atoms with E-state index in [-0.39, 0.29) is 18.4 Å². The van der Waals surface area contributed by atoms with Gasteiger partial charge in [0.25, 0.3) is 5.91 Å². The Balaban J connectivity index is 1.29. The molecule has 1 N–H and O–H groups in total. The van der Waals surface area contributed by atoms with Crippen LogP contribution in [0, 0.1) is 0 Å². The monoisotopic (exact) mass is 388 g/mol. The lowest BCUT2D eigenvalue weighted by Crippen LogP contribution is -2.40. The number of nitrogens with one attached hydrogen (secondary N) is 1. The van der Waals surface area contributed by atoms with Crippen molar-refractivity contribution in [1.29, 1.82) is 0 Å². The van der Waals surface area contributed by atoms with Gasteiger partial charge in [-0.1, -0.05) is 49.7 Å². The highest BCUT2D eigenvalue weighted by Crippen LogP contribution is 2.36. The van der Waals surface area contributed by atoms with Gasteiger partial charge in [-0.3, -0.25) is 14.5 Å². The molecule has 148 valence electrons. The second-order valence-electron chi connectivity index (χ2n) is 7.16. The lowest BCUT2D eigenvalue weighted by molar-refractivity contribution is -0.119. The quantitative estimate of drug-likeness (QED) is 0.595. The summed E-state index contributed by atoms with van der Waals surface area (Å²) < 4.78 is 5.68. The number of nitrogens with zero attached hydrogens (tertiary/aromatic N) is 1. The maximum atomic E-state index is 12.7. The van der Waals surface area contributed by atoms with Crippen molar-refractivity contribution in [2.45, 2.75) is 19.8 Å². The average Bonchev–Trinajstić information content (AvgIpc) is 3.01. The Morgan fingerprint density at radius 1 is 1.03 bits per heavy atom. The summed E-state index contributed by atoms with van der Waals surface area (Å²) in [6.07, 6.45) is 2.18. The number of carbonyl (C=O) groups is 2. The van der Waals surface area contributed by atoms with E-state index in [1.54, 1.807) is 4.90 Å². The number of anilines is 1. The first-order valence-electron chi connectivity index (χ1n) is 9.99. The Hall–Kier alpha value is -3.34. The molecule has 0 radical (unpaired) electrons. The van der Waals surface area contributed by atoms with Crippen LogP contribution < -0.4 is 15.0 Å². The van der Waals surface area contributed by atoms with Crippen LogP contribution in [0.2, 0.25) is 0 Å². The number of rotatable bonds is 8. The highest BCUT2D eigenvalue weighted by molar-refractivity contribution is 6.26. The van der Waals surface area contributed by atoms with Gasteiger partial charge in [-0.25, -0.2) is 0 Å². The Kier molecular flexibility index (Phi) is 5.47. The molecule has 0 aromatic heterocycles. The Labute approximate surface area is 170 Å². The van der Waals surface area contributed by atoms with Gasteiger partial charge in [0, 0.05) is 10.9 Å². The molecule has 29 heavy (non-hydrogen) atoms. The number of hydrogen-bond donors (Lipinski definition) is 1. The highest BCUT2D eigenvalue weighted by Gasteiger charge is 2.30. The van der Waals surface area contributed by atoms with Crippen LogP contribution in [-0.4, -0.2) is 31.5 Å². The summed E-state index contributed by atoms with van der Waals surface area (Å²) in [5.41, 5.74) is 2.74. The molecule has 0 saturated carbocycles. The van der Waals surface area contributed by atoms with Gasteiger partial charge in [0.05, 0.1) is 12.2 Å². The van der Waals surface area contributed by atoms with Crippen LogP contribution in [0.15, 0.2) is 60.7 Å². The first-order valence-corrected chi connectivity index (χ1v) is 9.99. The number of aryl methyl sites for hydroxylation is 1. The second kappa shape index (κ2) is 8.35. The molecule has 0 atom stereocenters. The molecule has 0 spiro atoms. The van der Waals surface area contributed by atoms with Crippen LogP contribution >= 0.6 is 0 Å². The molecule has 1 aliphatic heterocycles. The minimum absolute atomic E-state index is 0.00165. The first kappa shape index (κ1) is 19.0. The minimum Gasteiger partial charge on any atom is -0.492 e. The van der Waals surface area contributed by atoms with E-state index >= 15 is 0 Å². The van der Waals surface area contributed by atoms with Crippen molar-refractivity contribution < 1.29 is 14.3 Å². The SMILES string of the molecule is CCCc1ccc(OCCNC(=O)CN2C(=O)c3cccc4cccc2c34)cc1. The molecule has 1 aliphatic rings. The molecule has 0 fully saturated rings. The average molecular weight is 388 g/mol. The third kappa shape index (κ3) is 3.94. The molecule has 0 saturated heterocycles. The summed E-state index contributed by atoms with van der Waals surface area (Å²) in [5.74, 6) is 0.455. The van der Waals surface area contributed by atoms with Crippen molar-refractivity contribution in [2.75, 3.05) is 24.6 Å². The van der Waals surface area contributed by atoms with E-state index in [1.165, 1.54) is 5.56 Å². The lowest BCUT2D eigenvalue weighted by atomic mass is 10.1. The van der Waals surface area contributed by atoms with Gasteiger partial charge in [0.2, 0.25) is 5.91 Å². The first-order chi connectivity index (χ1) is 14.2. The van der Waals surface area contributed by atoms with E-state index in [0.717, 1.165) is 35.1 Å². The molecule has 5 nitrogen and oxygen atoms in total. The van der Waals surface area contributed by atoms with Crippen molar-refractivity contribution >= 4 is 28.3 Å². The maximum Gasteiger partial charge on any atom is 0.259 e. The van der Waals surface area contributed by atoms with Crippen LogP contribution in [0.1, 0.15) is 29.3 Å². The van der Waals surface area contributed by atoms with Gasteiger partial charge in [0.15, 0.2) is 0 Å². The van der Waals surface area contributed by atoms with Crippen molar-refractivity contribution in [3.8, 4) is 5.75 Å². The maximum absolute atomic E-state index is 12.7. The molecular weight excluding hydrogens is 364 g/mol. The molecular formula is C24H24N2O3. The van der Waals surface area contributed by atoms with Crippen LogP contribution in [0.5, 0.6) is 5.75 Å². The predicted molar refractivity (Wildman–Crippen MR) is 115 cm³/mol. The fourth-order valence-corrected chi connectivity index (χ4v) is 3.74. The number of benzene rings is 3. The van der Waals surface area contributed by atoms with Crippen LogP contribution in [0.25, 0.3) is 10.8 Å².